The molecule has 4 aromatic rings. The monoisotopic (exact) mass is 732 g/mol. The number of aromatic nitrogens is 2. The Morgan fingerprint density at radius 2 is 1.08 bits per heavy atom. The molecule has 50 heavy (non-hydrogen) atoms. The number of pyridine rings is 2. The van der Waals surface area contributed by atoms with Gasteiger partial charge >= 0.3 is 12.4 Å². The van der Waals surface area contributed by atoms with E-state index in [0.29, 0.717) is 62.7 Å². The maximum Gasteiger partial charge on any atom is 0.417 e. The lowest BCUT2D eigenvalue weighted by molar-refractivity contribution is -0.177. The summed E-state index contributed by atoms with van der Waals surface area (Å²) in [4.78, 5) is 19.4. The molecule has 0 radical (unpaired) electrons. The van der Waals surface area contributed by atoms with Gasteiger partial charge in [-0.2, -0.15) is 26.3 Å². The van der Waals surface area contributed by atoms with E-state index in [2.05, 4.69) is 20.6 Å². The Bertz CT molecular complexity index is 1830. The molecule has 1 aliphatic heterocycles. The molecule has 2 saturated carbocycles. The van der Waals surface area contributed by atoms with E-state index in [1.54, 1.807) is 0 Å². The second-order valence-corrected chi connectivity index (χ2v) is 12.5. The van der Waals surface area contributed by atoms with Crippen molar-refractivity contribution in [2.75, 3.05) is 23.8 Å². The molecule has 0 atom stereocenters. The maximum atomic E-state index is 13.5. The van der Waals surface area contributed by atoms with Crippen LogP contribution in [0.15, 0.2) is 48.8 Å². The molecule has 3 fully saturated rings. The van der Waals surface area contributed by atoms with Gasteiger partial charge in [-0.1, -0.05) is 0 Å². The molecule has 2 aliphatic carbocycles. The fourth-order valence-electron chi connectivity index (χ4n) is 6.56. The number of halogens is 9. The van der Waals surface area contributed by atoms with E-state index < -0.39 is 40.9 Å². The largest absolute Gasteiger partial charge is 0.417 e. The van der Waals surface area contributed by atoms with Crippen molar-refractivity contribution < 1.29 is 49.4 Å². The van der Waals surface area contributed by atoms with Crippen LogP contribution in [0.5, 0.6) is 0 Å². The van der Waals surface area contributed by atoms with Gasteiger partial charge in [0.25, 0.3) is 0 Å². The van der Waals surface area contributed by atoms with E-state index in [0.717, 1.165) is 37.8 Å². The van der Waals surface area contributed by atoms with Crippen LogP contribution >= 0.6 is 12.4 Å². The van der Waals surface area contributed by atoms with Crippen LogP contribution < -0.4 is 10.6 Å². The van der Waals surface area contributed by atoms with Crippen molar-refractivity contribution in [3.05, 3.63) is 71.6 Å². The lowest BCUT2D eigenvalue weighted by Crippen LogP contribution is -2.39. The van der Waals surface area contributed by atoms with E-state index in [1.165, 1.54) is 24.5 Å². The number of hydrogen-bond donors (Lipinski definition) is 2. The first-order valence-corrected chi connectivity index (χ1v) is 15.8. The van der Waals surface area contributed by atoms with E-state index in [4.69, 9.17) is 9.47 Å². The second kappa shape index (κ2) is 14.8. The smallest absolute Gasteiger partial charge is 0.367 e. The standard InChI is InChI=1S/C18H18F4N2O2.C16H14F4N2O.ClH/c19-12-7-11-10-23-16(9-14(11)15(8-12)18(20,21)22)24-13-1-3-17(4-2-13)25-5-6-26-17;17-10-5-9-8-21-15(22-11-1-3-12(23)4-2-11)7-13(9)14(6-10)16(18,19)20;/h7-10,13H,1-6H2,(H,23,24);5-8,11H,1-4H2,(H,21,22);1H. The summed E-state index contributed by atoms with van der Waals surface area (Å²) < 4.78 is 117. The highest BCUT2D eigenvalue weighted by molar-refractivity contribution is 5.88. The fourth-order valence-corrected chi connectivity index (χ4v) is 6.56. The number of nitrogens with zero attached hydrogens (tertiary/aromatic N) is 2. The lowest BCUT2D eigenvalue weighted by atomic mass is 9.90. The summed E-state index contributed by atoms with van der Waals surface area (Å²) >= 11 is 0. The average Bonchev–Trinajstić information content (AvgIpc) is 3.50. The number of Topliss-reactive ketones (excluding diaryl/α,β-unsaturated/α-hetero) is 1. The molecule has 7 nitrogen and oxygen atoms in total. The molecule has 1 saturated heterocycles. The predicted octanol–water partition coefficient (Wildman–Crippen LogP) is 9.23. The number of carbonyl (C=O) groups excluding carboxylic acids is 1. The number of alkyl halides is 6. The SMILES string of the molecule is Cl.Fc1cc(C(F)(F)F)c2cc(NC3CCC4(CC3)OCCO4)ncc2c1.O=C1CCC(Nc2cc3c(C(F)(F)F)cc(F)cc3cn2)CC1. The van der Waals surface area contributed by atoms with Crippen molar-refractivity contribution in [2.45, 2.75) is 81.6 Å². The quantitative estimate of drug-likeness (QED) is 0.203. The number of anilines is 2. The molecule has 0 unspecified atom stereocenters. The molecule has 1 spiro atoms. The van der Waals surface area contributed by atoms with E-state index >= 15 is 0 Å². The highest BCUT2D eigenvalue weighted by Crippen LogP contribution is 2.39. The third-order valence-corrected chi connectivity index (χ3v) is 9.02. The van der Waals surface area contributed by atoms with Crippen LogP contribution in [0.1, 0.15) is 62.5 Å². The van der Waals surface area contributed by atoms with Gasteiger partial charge in [0.05, 0.1) is 24.3 Å². The minimum Gasteiger partial charge on any atom is -0.367 e. The number of ether oxygens (including phenoxy) is 2. The van der Waals surface area contributed by atoms with Crippen molar-refractivity contribution in [3.63, 3.8) is 0 Å². The summed E-state index contributed by atoms with van der Waals surface area (Å²) in [5, 5.41) is 6.32. The van der Waals surface area contributed by atoms with Gasteiger partial charge in [-0.3, -0.25) is 4.79 Å². The van der Waals surface area contributed by atoms with Gasteiger partial charge in [-0.15, -0.1) is 12.4 Å². The molecular weight excluding hydrogens is 700 g/mol. The average molecular weight is 733 g/mol. The molecular formula is C34H33ClF8N4O3. The Labute approximate surface area is 287 Å². The van der Waals surface area contributed by atoms with Gasteiger partial charge in [0.2, 0.25) is 0 Å². The van der Waals surface area contributed by atoms with Crippen LogP contribution in [0, 0.1) is 11.6 Å². The first-order valence-electron chi connectivity index (χ1n) is 15.8. The van der Waals surface area contributed by atoms with Crippen molar-refractivity contribution in [1.82, 2.24) is 9.97 Å². The van der Waals surface area contributed by atoms with Gasteiger partial charge in [0.15, 0.2) is 5.79 Å². The molecule has 2 N–H and O–H groups in total. The minimum atomic E-state index is -4.64. The summed E-state index contributed by atoms with van der Waals surface area (Å²) in [5.74, 6) is -1.52. The molecule has 3 heterocycles. The van der Waals surface area contributed by atoms with Crippen LogP contribution in [0.3, 0.4) is 0 Å². The number of hydrogen-bond acceptors (Lipinski definition) is 7. The van der Waals surface area contributed by atoms with Gasteiger partial charge in [0, 0.05) is 60.9 Å². The third-order valence-electron chi connectivity index (χ3n) is 9.02. The maximum absolute atomic E-state index is 13.5. The van der Waals surface area contributed by atoms with Crippen molar-refractivity contribution in [2.24, 2.45) is 0 Å². The molecule has 0 bridgehead atoms. The van der Waals surface area contributed by atoms with Crippen molar-refractivity contribution >= 4 is 51.4 Å². The zero-order chi connectivity index (χ0) is 35.0. The Hall–Kier alpha value is -3.82. The van der Waals surface area contributed by atoms with Crippen LogP contribution in [-0.2, 0) is 26.6 Å². The van der Waals surface area contributed by atoms with Crippen LogP contribution in [-0.4, -0.2) is 46.8 Å². The van der Waals surface area contributed by atoms with Gasteiger partial charge in [-0.05, 0) is 72.9 Å². The highest BCUT2D eigenvalue weighted by atomic mass is 35.5. The van der Waals surface area contributed by atoms with E-state index in [9.17, 15) is 39.9 Å². The summed E-state index contributed by atoms with van der Waals surface area (Å²) in [7, 11) is 0. The molecule has 270 valence electrons. The summed E-state index contributed by atoms with van der Waals surface area (Å²) in [6, 6.07) is 5.80. The molecule has 2 aromatic heterocycles. The van der Waals surface area contributed by atoms with Gasteiger partial charge < -0.3 is 20.1 Å². The zero-order valence-electron chi connectivity index (χ0n) is 26.4. The second-order valence-electron chi connectivity index (χ2n) is 12.5. The highest BCUT2D eigenvalue weighted by Gasteiger charge is 2.40. The number of rotatable bonds is 4. The molecule has 2 aromatic carbocycles. The van der Waals surface area contributed by atoms with Gasteiger partial charge in [-0.25, -0.2) is 18.7 Å². The summed E-state index contributed by atoms with van der Waals surface area (Å²) in [6.45, 7) is 1.20. The summed E-state index contributed by atoms with van der Waals surface area (Å²) in [6.07, 6.45) is -1.58. The van der Waals surface area contributed by atoms with E-state index in [1.807, 2.05) is 0 Å². The molecule has 3 aliphatic rings. The van der Waals surface area contributed by atoms with Crippen molar-refractivity contribution in [3.8, 4) is 0 Å². The Morgan fingerprint density at radius 3 is 1.50 bits per heavy atom. The van der Waals surface area contributed by atoms with Crippen molar-refractivity contribution in [1.29, 1.82) is 0 Å². The minimum absolute atomic E-state index is 0. The lowest BCUT2D eigenvalue weighted by Gasteiger charge is -2.35. The van der Waals surface area contributed by atoms with Crippen LogP contribution in [0.4, 0.5) is 46.8 Å². The Morgan fingerprint density at radius 1 is 0.660 bits per heavy atom. The Kier molecular flexibility index (Phi) is 11.1. The Balaban J connectivity index is 0.000000192. The number of fused-ring (bicyclic) bond motifs is 2. The normalized spacial score (nSPS) is 18.5. The van der Waals surface area contributed by atoms with Crippen LogP contribution in [0.2, 0.25) is 0 Å². The van der Waals surface area contributed by atoms with Gasteiger partial charge in [0.1, 0.15) is 29.1 Å². The molecule has 7 rings (SSSR count). The number of benzene rings is 2. The predicted molar refractivity (Wildman–Crippen MR) is 172 cm³/mol. The summed E-state index contributed by atoms with van der Waals surface area (Å²) in [5.41, 5.74) is -2.01. The first kappa shape index (κ1) is 37.4. The number of nitrogens with one attached hydrogen (secondary N) is 2. The first-order chi connectivity index (χ1) is 23.2. The van der Waals surface area contributed by atoms with E-state index in [-0.39, 0.29) is 51.8 Å². The topological polar surface area (TPSA) is 85.4 Å². The molecule has 16 heteroatoms. The zero-order valence-corrected chi connectivity index (χ0v) is 27.2. The number of ketones is 1. The van der Waals surface area contributed by atoms with Crippen LogP contribution in [0.25, 0.3) is 21.5 Å². The fraction of sp³-hybridized carbons (Fsp3) is 0.441. The number of carbonyl (C=O) groups is 1. The third kappa shape index (κ3) is 8.72. The molecule has 0 amide bonds.